The zero-order valence-corrected chi connectivity index (χ0v) is 16.9. The molecular weight excluding hydrogens is 482 g/mol. The third-order valence-electron chi connectivity index (χ3n) is 4.07. The highest BCUT2D eigenvalue weighted by atomic mass is 79.9. The van der Waals surface area contributed by atoms with Gasteiger partial charge >= 0.3 is 0 Å². The number of rotatable bonds is 3. The Hall–Kier alpha value is -1.97. The second-order valence-electron chi connectivity index (χ2n) is 5.85. The molecule has 4 N–H and O–H groups in total. The Morgan fingerprint density at radius 2 is 1.70 bits per heavy atom. The number of hydrogen-bond acceptors (Lipinski definition) is 5. The number of H-pyrrole nitrogens is 1. The third kappa shape index (κ3) is 3.03. The lowest BCUT2D eigenvalue weighted by molar-refractivity contribution is 0.102. The van der Waals surface area contributed by atoms with Gasteiger partial charge in [0.15, 0.2) is 0 Å². The van der Waals surface area contributed by atoms with E-state index < -0.39 is 28.7 Å². The zero-order chi connectivity index (χ0) is 20.2. The van der Waals surface area contributed by atoms with Crippen LogP contribution in [0.5, 0.6) is 11.5 Å². The van der Waals surface area contributed by atoms with Crippen molar-refractivity contribution in [3.05, 3.63) is 48.4 Å². The number of nitrogens with one attached hydrogen (secondary N) is 1. The number of aromatic amines is 1. The van der Waals surface area contributed by atoms with Crippen LogP contribution in [0.4, 0.5) is 0 Å². The average Bonchev–Trinajstić information content (AvgIpc) is 3.02. The van der Waals surface area contributed by atoms with Gasteiger partial charge < -0.3 is 20.3 Å². The molecule has 2 aromatic heterocycles. The number of benzene rings is 1. The molecule has 1 aromatic carbocycles. The van der Waals surface area contributed by atoms with Crippen LogP contribution >= 0.6 is 31.9 Å². The van der Waals surface area contributed by atoms with Crippen molar-refractivity contribution in [1.29, 1.82) is 0 Å². The number of aromatic nitrogens is 2. The molecule has 3 rings (SSSR count). The lowest BCUT2D eigenvalue weighted by atomic mass is 9.87. The number of pyridine rings is 1. The Morgan fingerprint density at radius 3 is 2.22 bits per heavy atom. The molecule has 1 atom stereocenters. The molecule has 0 saturated carbocycles. The molecular formula is C16H10B2Br2N2O5. The highest BCUT2D eigenvalue weighted by molar-refractivity contribution is 9.11. The summed E-state index contributed by atoms with van der Waals surface area (Å²) in [5.74, 6) is -1.34. The first-order valence-electron chi connectivity index (χ1n) is 7.51. The Kier molecular flexibility index (Phi) is 5.04. The van der Waals surface area contributed by atoms with E-state index in [0.29, 0.717) is 0 Å². The molecule has 0 amide bonds. The number of ketones is 1. The molecule has 134 valence electrons. The van der Waals surface area contributed by atoms with E-state index in [4.69, 9.17) is 15.7 Å². The highest BCUT2D eigenvalue weighted by Crippen LogP contribution is 2.34. The van der Waals surface area contributed by atoms with Crippen molar-refractivity contribution in [2.45, 2.75) is 13.0 Å². The average molecular weight is 492 g/mol. The molecule has 0 spiro atoms. The van der Waals surface area contributed by atoms with Gasteiger partial charge in [0.2, 0.25) is 5.78 Å². The first-order valence-corrected chi connectivity index (χ1v) is 9.10. The lowest BCUT2D eigenvalue weighted by Crippen LogP contribution is -2.37. The summed E-state index contributed by atoms with van der Waals surface area (Å²) < 4.78 is 1.43. The van der Waals surface area contributed by atoms with Crippen LogP contribution in [0, 0.1) is 0 Å². The van der Waals surface area contributed by atoms with E-state index in [1.165, 1.54) is 19.1 Å². The number of imidazole rings is 1. The van der Waals surface area contributed by atoms with Crippen LogP contribution < -0.4 is 16.5 Å². The second-order valence-corrected chi connectivity index (χ2v) is 7.55. The molecule has 1 unspecified atom stereocenters. The van der Waals surface area contributed by atoms with Gasteiger partial charge in [-0.15, -0.1) is 0 Å². The Labute approximate surface area is 172 Å². The van der Waals surface area contributed by atoms with Gasteiger partial charge in [-0.2, -0.15) is 0 Å². The summed E-state index contributed by atoms with van der Waals surface area (Å²) in [6.45, 7) is 1.40. The fourth-order valence-corrected chi connectivity index (χ4v) is 3.89. The van der Waals surface area contributed by atoms with Crippen molar-refractivity contribution in [3.8, 4) is 11.5 Å². The number of aliphatic hydroxyl groups is 1. The summed E-state index contributed by atoms with van der Waals surface area (Å²) >= 11 is 6.28. The molecule has 4 radical (unpaired) electrons. The molecule has 0 saturated heterocycles. The Morgan fingerprint density at radius 1 is 1.15 bits per heavy atom. The summed E-state index contributed by atoms with van der Waals surface area (Å²) in [5.41, 5.74) is -1.74. The van der Waals surface area contributed by atoms with Crippen LogP contribution in [-0.2, 0) is 0 Å². The Balaban J connectivity index is 2.41. The molecule has 2 heterocycles. The van der Waals surface area contributed by atoms with Crippen molar-refractivity contribution in [3.63, 3.8) is 0 Å². The van der Waals surface area contributed by atoms with Gasteiger partial charge in [0.25, 0.3) is 5.56 Å². The van der Waals surface area contributed by atoms with Crippen molar-refractivity contribution < 1.29 is 20.1 Å². The monoisotopic (exact) mass is 490 g/mol. The maximum Gasteiger partial charge on any atom is 0.253 e. The van der Waals surface area contributed by atoms with E-state index in [0.717, 1.165) is 4.40 Å². The SMILES string of the molecule is [B]c1c(O)c([B])c2[nH]c(C(C)O)c(C(=O)c3cc(Br)c(O)c(Br)c3)n2c1=O. The van der Waals surface area contributed by atoms with E-state index in [1.54, 1.807) is 0 Å². The van der Waals surface area contributed by atoms with Crippen molar-refractivity contribution in [2.24, 2.45) is 0 Å². The third-order valence-corrected chi connectivity index (χ3v) is 5.28. The summed E-state index contributed by atoms with van der Waals surface area (Å²) in [6, 6.07) is 2.73. The predicted molar refractivity (Wildman–Crippen MR) is 108 cm³/mol. The van der Waals surface area contributed by atoms with Crippen LogP contribution in [0.3, 0.4) is 0 Å². The van der Waals surface area contributed by atoms with Gasteiger partial charge in [-0.3, -0.25) is 14.0 Å². The van der Waals surface area contributed by atoms with Gasteiger partial charge in [0, 0.05) is 11.0 Å². The Bertz CT molecular complexity index is 1150. The number of carbonyl (C=O) groups excluding carboxylic acids is 1. The number of aliphatic hydroxyl groups excluding tert-OH is 1. The number of nitrogens with zero attached hydrogens (tertiary/aromatic N) is 1. The van der Waals surface area contributed by atoms with Crippen LogP contribution in [0.25, 0.3) is 5.65 Å². The van der Waals surface area contributed by atoms with E-state index in [1.807, 2.05) is 0 Å². The molecule has 0 aliphatic heterocycles. The molecule has 0 bridgehead atoms. The molecule has 7 nitrogen and oxygen atoms in total. The molecule has 27 heavy (non-hydrogen) atoms. The summed E-state index contributed by atoms with van der Waals surface area (Å²) in [5, 5.41) is 29.8. The van der Waals surface area contributed by atoms with Gasteiger partial charge in [-0.1, -0.05) is 0 Å². The fourth-order valence-electron chi connectivity index (χ4n) is 2.70. The smallest absolute Gasteiger partial charge is 0.253 e. The largest absolute Gasteiger partial charge is 0.509 e. The summed E-state index contributed by atoms with van der Waals surface area (Å²) in [7, 11) is 11.4. The molecule has 3 aromatic rings. The minimum atomic E-state index is -1.16. The van der Waals surface area contributed by atoms with Crippen LogP contribution in [0.15, 0.2) is 25.9 Å². The topological polar surface area (TPSA) is 115 Å². The van der Waals surface area contributed by atoms with Crippen LogP contribution in [-0.4, -0.2) is 46.2 Å². The molecule has 0 aliphatic carbocycles. The van der Waals surface area contributed by atoms with Crippen molar-refractivity contribution >= 4 is 69.9 Å². The summed E-state index contributed by atoms with van der Waals surface area (Å²) in [4.78, 5) is 28.5. The molecule has 11 heteroatoms. The predicted octanol–water partition coefficient (Wildman–Crippen LogP) is 0.436. The highest BCUT2D eigenvalue weighted by Gasteiger charge is 2.27. The number of carbonyl (C=O) groups is 1. The lowest BCUT2D eigenvalue weighted by Gasteiger charge is -2.10. The minimum Gasteiger partial charge on any atom is -0.509 e. The van der Waals surface area contributed by atoms with E-state index >= 15 is 0 Å². The zero-order valence-electron chi connectivity index (χ0n) is 13.7. The van der Waals surface area contributed by atoms with Crippen LogP contribution in [0.2, 0.25) is 0 Å². The van der Waals surface area contributed by atoms with Crippen LogP contribution in [0.1, 0.15) is 34.8 Å². The number of fused-ring (bicyclic) bond motifs is 1. The van der Waals surface area contributed by atoms with Crippen molar-refractivity contribution in [2.75, 3.05) is 0 Å². The molecule has 0 fully saturated rings. The first kappa shape index (κ1) is 19.8. The maximum absolute atomic E-state index is 13.2. The molecule has 0 aliphatic rings. The number of phenols is 1. The number of halogens is 2. The summed E-state index contributed by atoms with van der Waals surface area (Å²) in [6.07, 6.45) is -1.16. The minimum absolute atomic E-state index is 0.0223. The van der Waals surface area contributed by atoms with Gasteiger partial charge in [0.05, 0.1) is 20.7 Å². The standard InChI is InChI=1S/C16H10B2Br2N2O5/c1-4(23)10-11(12(24)5-2-6(19)13(25)7(20)3-5)22-15(21-10)8(17)14(26)9(18)16(22)27/h2-4,21,23,25-26H,1H3. The van der Waals surface area contributed by atoms with Gasteiger partial charge in [-0.25, -0.2) is 0 Å². The van der Waals surface area contributed by atoms with E-state index in [9.17, 15) is 24.9 Å². The fraction of sp³-hybridized carbons (Fsp3) is 0.125. The maximum atomic E-state index is 13.2. The second kappa shape index (κ2) is 6.88. The normalized spacial score (nSPS) is 12.4. The number of phenolic OH excluding ortho intramolecular Hbond substituents is 1. The quantitative estimate of drug-likeness (QED) is 0.313. The van der Waals surface area contributed by atoms with E-state index in [2.05, 4.69) is 36.8 Å². The number of aromatic hydroxyl groups is 2. The first-order chi connectivity index (χ1) is 12.6. The van der Waals surface area contributed by atoms with Gasteiger partial charge in [0.1, 0.15) is 38.5 Å². The van der Waals surface area contributed by atoms with E-state index in [-0.39, 0.29) is 42.8 Å². The number of hydrogen-bond donors (Lipinski definition) is 4. The van der Waals surface area contributed by atoms with Crippen molar-refractivity contribution in [1.82, 2.24) is 9.38 Å². The van der Waals surface area contributed by atoms with Gasteiger partial charge in [-0.05, 0) is 56.4 Å².